The monoisotopic (exact) mass is 298 g/mol. The van der Waals surface area contributed by atoms with Gasteiger partial charge in [0.15, 0.2) is 0 Å². The molecule has 0 spiro atoms. The summed E-state index contributed by atoms with van der Waals surface area (Å²) in [4.78, 5) is 12.4. The van der Waals surface area contributed by atoms with Crippen LogP contribution in [0.4, 0.5) is 0 Å². The van der Waals surface area contributed by atoms with Gasteiger partial charge < -0.3 is 9.84 Å². The fraction of sp³-hybridized carbons (Fsp3) is 0.421. The van der Waals surface area contributed by atoms with Gasteiger partial charge in [-0.05, 0) is 50.8 Å². The van der Waals surface area contributed by atoms with Crippen molar-refractivity contribution in [3.8, 4) is 0 Å². The maximum atomic E-state index is 12.4. The molecule has 1 aromatic carbocycles. The Hall–Kier alpha value is -1.87. The Kier molecular flexibility index (Phi) is 3.92. The van der Waals surface area contributed by atoms with Crippen LogP contribution in [0.1, 0.15) is 43.5 Å². The zero-order chi connectivity index (χ0) is 15.7. The predicted octanol–water partition coefficient (Wildman–Crippen LogP) is 3.65. The molecule has 3 heteroatoms. The molecular weight excluding hydrogens is 276 g/mol. The molecule has 3 nitrogen and oxygen atoms in total. The van der Waals surface area contributed by atoms with Gasteiger partial charge in [0.1, 0.15) is 6.10 Å². The third kappa shape index (κ3) is 2.50. The van der Waals surface area contributed by atoms with Gasteiger partial charge in [-0.25, -0.2) is 4.79 Å². The Morgan fingerprint density at radius 3 is 2.77 bits per heavy atom. The van der Waals surface area contributed by atoms with Gasteiger partial charge in [0.2, 0.25) is 0 Å². The smallest absolute Gasteiger partial charge is 0.338 e. The van der Waals surface area contributed by atoms with Crippen LogP contribution in [0.5, 0.6) is 0 Å². The fourth-order valence-corrected chi connectivity index (χ4v) is 3.62. The van der Waals surface area contributed by atoms with Crippen molar-refractivity contribution in [1.82, 2.24) is 0 Å². The highest BCUT2D eigenvalue weighted by Crippen LogP contribution is 2.47. The molecule has 0 radical (unpaired) electrons. The van der Waals surface area contributed by atoms with Gasteiger partial charge in [-0.3, -0.25) is 0 Å². The lowest BCUT2D eigenvalue weighted by atomic mass is 9.65. The van der Waals surface area contributed by atoms with E-state index in [-0.39, 0.29) is 17.5 Å². The average molecular weight is 298 g/mol. The number of esters is 1. The van der Waals surface area contributed by atoms with Crippen molar-refractivity contribution in [2.45, 2.75) is 45.3 Å². The first-order valence-corrected chi connectivity index (χ1v) is 7.86. The second-order valence-electron chi connectivity index (χ2n) is 6.40. The van der Waals surface area contributed by atoms with E-state index in [1.54, 1.807) is 12.1 Å². The Balaban J connectivity index is 1.85. The molecule has 0 bridgehead atoms. The topological polar surface area (TPSA) is 46.5 Å². The summed E-state index contributed by atoms with van der Waals surface area (Å²) < 4.78 is 5.83. The van der Waals surface area contributed by atoms with E-state index in [1.807, 2.05) is 37.3 Å². The molecule has 3 rings (SSSR count). The number of rotatable bonds is 2. The van der Waals surface area contributed by atoms with E-state index in [2.05, 4.69) is 6.92 Å². The van der Waals surface area contributed by atoms with Gasteiger partial charge in [0, 0.05) is 5.41 Å². The second-order valence-corrected chi connectivity index (χ2v) is 6.40. The van der Waals surface area contributed by atoms with Crippen molar-refractivity contribution in [3.63, 3.8) is 0 Å². The second kappa shape index (κ2) is 5.73. The fourth-order valence-electron chi connectivity index (χ4n) is 3.62. The molecule has 1 fully saturated rings. The number of carbonyl (C=O) groups is 1. The van der Waals surface area contributed by atoms with E-state index in [1.165, 1.54) is 5.57 Å². The van der Waals surface area contributed by atoms with Crippen molar-refractivity contribution in [2.24, 2.45) is 5.41 Å². The standard InChI is InChI=1S/C19H22O3/c1-13-15-9-6-10-17(19(15,2)12-11-16(13)20)22-18(21)14-7-4-3-5-8-14/h3-5,7-8,11-12,16-17,20H,6,9-10H2,1-2H3. The quantitative estimate of drug-likeness (QED) is 0.669. The van der Waals surface area contributed by atoms with Crippen LogP contribution in [0, 0.1) is 5.41 Å². The Morgan fingerprint density at radius 1 is 1.32 bits per heavy atom. The summed E-state index contributed by atoms with van der Waals surface area (Å²) in [5.74, 6) is -0.273. The molecule has 0 aromatic heterocycles. The lowest BCUT2D eigenvalue weighted by molar-refractivity contribution is -0.00302. The average Bonchev–Trinajstić information content (AvgIpc) is 2.54. The van der Waals surface area contributed by atoms with Gasteiger partial charge in [-0.15, -0.1) is 0 Å². The molecule has 2 aliphatic carbocycles. The van der Waals surface area contributed by atoms with Crippen LogP contribution in [0.3, 0.4) is 0 Å². The minimum Gasteiger partial charge on any atom is -0.458 e. The van der Waals surface area contributed by atoms with Crippen LogP contribution in [-0.4, -0.2) is 23.3 Å². The molecule has 2 aliphatic rings. The number of ether oxygens (including phenoxy) is 1. The largest absolute Gasteiger partial charge is 0.458 e. The summed E-state index contributed by atoms with van der Waals surface area (Å²) in [6.45, 7) is 4.08. The van der Waals surface area contributed by atoms with Gasteiger partial charge >= 0.3 is 5.97 Å². The summed E-state index contributed by atoms with van der Waals surface area (Å²) in [7, 11) is 0. The first-order valence-electron chi connectivity index (χ1n) is 7.86. The number of carbonyl (C=O) groups excluding carboxylic acids is 1. The predicted molar refractivity (Wildman–Crippen MR) is 85.5 cm³/mol. The lowest BCUT2D eigenvalue weighted by Crippen LogP contribution is -2.42. The lowest BCUT2D eigenvalue weighted by Gasteiger charge is -2.44. The van der Waals surface area contributed by atoms with E-state index in [0.717, 1.165) is 24.8 Å². The van der Waals surface area contributed by atoms with Gasteiger partial charge in [-0.2, -0.15) is 0 Å². The summed E-state index contributed by atoms with van der Waals surface area (Å²) >= 11 is 0. The molecular formula is C19H22O3. The van der Waals surface area contributed by atoms with Crippen LogP contribution in [-0.2, 0) is 4.74 Å². The number of hydrogen-bond donors (Lipinski definition) is 1. The van der Waals surface area contributed by atoms with Crippen LogP contribution >= 0.6 is 0 Å². The number of benzene rings is 1. The molecule has 0 amide bonds. The van der Waals surface area contributed by atoms with E-state index in [9.17, 15) is 9.90 Å². The summed E-state index contributed by atoms with van der Waals surface area (Å²) in [5, 5.41) is 10.0. The highest BCUT2D eigenvalue weighted by Gasteiger charge is 2.44. The van der Waals surface area contributed by atoms with Gasteiger partial charge in [0.25, 0.3) is 0 Å². The van der Waals surface area contributed by atoms with E-state index in [4.69, 9.17) is 4.74 Å². The third-order valence-corrected chi connectivity index (χ3v) is 5.02. The molecule has 1 saturated carbocycles. The highest BCUT2D eigenvalue weighted by molar-refractivity contribution is 5.89. The molecule has 0 heterocycles. The normalized spacial score (nSPS) is 30.9. The van der Waals surface area contributed by atoms with Crippen LogP contribution in [0.25, 0.3) is 0 Å². The molecule has 0 saturated heterocycles. The molecule has 3 atom stereocenters. The van der Waals surface area contributed by atoms with Crippen molar-refractivity contribution in [3.05, 3.63) is 59.2 Å². The van der Waals surface area contributed by atoms with Crippen molar-refractivity contribution in [2.75, 3.05) is 0 Å². The highest BCUT2D eigenvalue weighted by atomic mass is 16.5. The molecule has 116 valence electrons. The van der Waals surface area contributed by atoms with Crippen LogP contribution in [0.2, 0.25) is 0 Å². The van der Waals surface area contributed by atoms with Gasteiger partial charge in [0.05, 0.1) is 11.7 Å². The summed E-state index contributed by atoms with van der Waals surface area (Å²) in [6.07, 6.45) is 5.94. The molecule has 22 heavy (non-hydrogen) atoms. The van der Waals surface area contributed by atoms with Crippen LogP contribution in [0.15, 0.2) is 53.6 Å². The number of fused-ring (bicyclic) bond motifs is 1. The van der Waals surface area contributed by atoms with Crippen LogP contribution < -0.4 is 0 Å². The van der Waals surface area contributed by atoms with Gasteiger partial charge in [-0.1, -0.05) is 35.9 Å². The van der Waals surface area contributed by atoms with Crippen molar-refractivity contribution < 1.29 is 14.6 Å². The number of aliphatic hydroxyl groups excluding tert-OH is 1. The first kappa shape index (κ1) is 15.0. The molecule has 1 aromatic rings. The zero-order valence-electron chi connectivity index (χ0n) is 13.1. The molecule has 3 unspecified atom stereocenters. The minimum absolute atomic E-state index is 0.178. The Bertz CT molecular complexity index is 629. The maximum Gasteiger partial charge on any atom is 0.338 e. The Labute approximate surface area is 131 Å². The molecule has 1 N–H and O–H groups in total. The number of hydrogen-bond acceptors (Lipinski definition) is 3. The van der Waals surface area contributed by atoms with E-state index in [0.29, 0.717) is 5.56 Å². The summed E-state index contributed by atoms with van der Waals surface area (Å²) in [5.41, 5.74) is 2.51. The van der Waals surface area contributed by atoms with Crippen molar-refractivity contribution >= 4 is 5.97 Å². The minimum atomic E-state index is -0.508. The van der Waals surface area contributed by atoms with Crippen molar-refractivity contribution in [1.29, 1.82) is 0 Å². The van der Waals surface area contributed by atoms with E-state index < -0.39 is 6.10 Å². The SMILES string of the molecule is CC1=C2CCCC(OC(=O)c3ccccc3)C2(C)C=CC1O. The number of aliphatic hydroxyl groups is 1. The third-order valence-electron chi connectivity index (χ3n) is 5.02. The zero-order valence-corrected chi connectivity index (χ0v) is 13.1. The maximum absolute atomic E-state index is 12.4. The summed E-state index contributed by atoms with van der Waals surface area (Å²) in [6, 6.07) is 9.11. The molecule has 0 aliphatic heterocycles. The van der Waals surface area contributed by atoms with E-state index >= 15 is 0 Å². The first-order chi connectivity index (χ1) is 10.5. The Morgan fingerprint density at radius 2 is 2.05 bits per heavy atom.